The van der Waals surface area contributed by atoms with Gasteiger partial charge in [0.25, 0.3) is 0 Å². The lowest BCUT2D eigenvalue weighted by atomic mass is 9.84. The Kier molecular flexibility index (Phi) is 5.71. The lowest BCUT2D eigenvalue weighted by molar-refractivity contribution is -0.146. The van der Waals surface area contributed by atoms with Gasteiger partial charge in [-0.05, 0) is 56.5 Å². The minimum absolute atomic E-state index is 0.162. The molecule has 0 radical (unpaired) electrons. The maximum Gasteiger partial charge on any atom is 0.337 e. The molecule has 0 spiro atoms. The first kappa shape index (κ1) is 21.3. The number of fused-ring (bicyclic) bond motifs is 1. The van der Waals surface area contributed by atoms with Crippen molar-refractivity contribution in [1.82, 2.24) is 4.72 Å². The maximum absolute atomic E-state index is 12.6. The summed E-state index contributed by atoms with van der Waals surface area (Å²) in [4.78, 5) is 11.3. The smallest absolute Gasteiger partial charge is 0.337 e. The van der Waals surface area contributed by atoms with Gasteiger partial charge in [0.05, 0.1) is 4.90 Å². The van der Waals surface area contributed by atoms with Crippen molar-refractivity contribution in [2.24, 2.45) is 0 Å². The Bertz CT molecular complexity index is 1010. The third-order valence-electron chi connectivity index (χ3n) is 5.00. The Morgan fingerprint density at radius 3 is 2.52 bits per heavy atom. The zero-order chi connectivity index (χ0) is 21.4. The van der Waals surface area contributed by atoms with Crippen molar-refractivity contribution in [2.45, 2.75) is 49.7 Å². The molecule has 1 aliphatic rings. The molecule has 3 rings (SSSR count). The number of carbonyl (C=O) groups is 1. The second-order valence-corrected chi connectivity index (χ2v) is 9.73. The summed E-state index contributed by atoms with van der Waals surface area (Å²) >= 11 is 0. The molecule has 2 aromatic carbocycles. The highest BCUT2D eigenvalue weighted by atomic mass is 32.2. The van der Waals surface area contributed by atoms with Gasteiger partial charge in [-0.25, -0.2) is 17.9 Å². The van der Waals surface area contributed by atoms with E-state index in [1.54, 1.807) is 30.3 Å². The van der Waals surface area contributed by atoms with Crippen molar-refractivity contribution in [2.75, 3.05) is 6.54 Å². The summed E-state index contributed by atoms with van der Waals surface area (Å²) in [5, 5.41) is 18.8. The molecule has 0 aromatic heterocycles. The Labute approximate surface area is 170 Å². The summed E-state index contributed by atoms with van der Waals surface area (Å²) in [6, 6.07) is 11.4. The number of aliphatic carboxylic acids is 1. The fourth-order valence-electron chi connectivity index (χ4n) is 3.53. The Hall–Kier alpha value is -2.42. The first-order valence-electron chi connectivity index (χ1n) is 9.28. The van der Waals surface area contributed by atoms with Gasteiger partial charge < -0.3 is 14.9 Å². The van der Waals surface area contributed by atoms with Crippen LogP contribution in [0.25, 0.3) is 0 Å². The van der Waals surface area contributed by atoms with Gasteiger partial charge in [-0.15, -0.1) is 0 Å². The molecule has 0 bridgehead atoms. The number of rotatable bonds is 6. The monoisotopic (exact) mass is 419 g/mol. The van der Waals surface area contributed by atoms with Crippen molar-refractivity contribution in [3.8, 4) is 5.75 Å². The molecule has 1 heterocycles. The number of hydrogen-bond acceptors (Lipinski definition) is 5. The standard InChI is InChI=1S/C21H25NO6S/c1-13-4-7-16(8-5-13)29(26,27)22-12-15-11-21(2,3)28-18-10-14(6-9-17(15)18)19(23)20(24)25/h4-10,15,19,22-23H,11-12H2,1-3H3,(H,24,25). The van der Waals surface area contributed by atoms with Gasteiger partial charge in [0, 0.05) is 12.5 Å². The normalized spacial score (nSPS) is 19.1. The first-order chi connectivity index (χ1) is 13.5. The molecule has 8 heteroatoms. The molecule has 2 unspecified atom stereocenters. The van der Waals surface area contributed by atoms with Crippen LogP contribution in [-0.2, 0) is 14.8 Å². The van der Waals surface area contributed by atoms with E-state index in [1.807, 2.05) is 20.8 Å². The molecule has 0 saturated carbocycles. The van der Waals surface area contributed by atoms with Crippen molar-refractivity contribution in [3.63, 3.8) is 0 Å². The number of carboxylic acid groups (broad SMARTS) is 1. The fourth-order valence-corrected chi connectivity index (χ4v) is 4.61. The quantitative estimate of drug-likeness (QED) is 0.664. The van der Waals surface area contributed by atoms with E-state index in [0.717, 1.165) is 11.1 Å². The summed E-state index contributed by atoms with van der Waals surface area (Å²) in [6.45, 7) is 5.84. The molecule has 2 atom stereocenters. The van der Waals surface area contributed by atoms with Gasteiger partial charge in [0.15, 0.2) is 6.10 Å². The van der Waals surface area contributed by atoms with E-state index in [2.05, 4.69) is 4.72 Å². The first-order valence-corrected chi connectivity index (χ1v) is 10.8. The molecule has 0 amide bonds. The van der Waals surface area contributed by atoms with E-state index < -0.39 is 27.7 Å². The van der Waals surface area contributed by atoms with Crippen molar-refractivity contribution in [3.05, 3.63) is 59.2 Å². The predicted octanol–water partition coefficient (Wildman–Crippen LogP) is 2.74. The fraction of sp³-hybridized carbons (Fsp3) is 0.381. The molecule has 1 aliphatic heterocycles. The zero-order valence-corrected chi connectivity index (χ0v) is 17.4. The third-order valence-corrected chi connectivity index (χ3v) is 6.44. The van der Waals surface area contributed by atoms with Crippen LogP contribution in [0.5, 0.6) is 5.75 Å². The summed E-state index contributed by atoms with van der Waals surface area (Å²) < 4.78 is 33.9. The number of hydrogen-bond donors (Lipinski definition) is 3. The molecule has 3 N–H and O–H groups in total. The van der Waals surface area contributed by atoms with E-state index in [1.165, 1.54) is 12.1 Å². The van der Waals surface area contributed by atoms with Crippen LogP contribution in [0.15, 0.2) is 47.4 Å². The number of aliphatic hydroxyl groups is 1. The number of ether oxygens (including phenoxy) is 1. The number of nitrogens with one attached hydrogen (secondary N) is 1. The summed E-state index contributed by atoms with van der Waals surface area (Å²) in [7, 11) is -3.66. The van der Waals surface area contributed by atoms with Gasteiger partial charge in [-0.2, -0.15) is 0 Å². The Morgan fingerprint density at radius 2 is 1.90 bits per heavy atom. The van der Waals surface area contributed by atoms with Gasteiger partial charge >= 0.3 is 5.97 Å². The number of benzene rings is 2. The number of aryl methyl sites for hydroxylation is 1. The highest BCUT2D eigenvalue weighted by Gasteiger charge is 2.35. The lowest BCUT2D eigenvalue weighted by Crippen LogP contribution is -2.39. The van der Waals surface area contributed by atoms with E-state index in [-0.39, 0.29) is 22.9 Å². The summed E-state index contributed by atoms with van der Waals surface area (Å²) in [5.41, 5.74) is 1.40. The Balaban J connectivity index is 1.85. The van der Waals surface area contributed by atoms with E-state index >= 15 is 0 Å². The van der Waals surface area contributed by atoms with Crippen molar-refractivity contribution < 1.29 is 28.2 Å². The minimum atomic E-state index is -3.66. The molecule has 156 valence electrons. The molecule has 0 saturated heterocycles. The third kappa shape index (κ3) is 4.77. The van der Waals surface area contributed by atoms with Crippen molar-refractivity contribution >= 4 is 16.0 Å². The van der Waals surface area contributed by atoms with E-state index in [4.69, 9.17) is 9.84 Å². The largest absolute Gasteiger partial charge is 0.488 e. The molecular formula is C21H25NO6S. The van der Waals surface area contributed by atoms with E-state index in [0.29, 0.717) is 12.2 Å². The lowest BCUT2D eigenvalue weighted by Gasteiger charge is -2.38. The van der Waals surface area contributed by atoms with Crippen LogP contribution in [0.3, 0.4) is 0 Å². The number of carboxylic acids is 1. The molecular weight excluding hydrogens is 394 g/mol. The average molecular weight is 419 g/mol. The summed E-state index contributed by atoms with van der Waals surface area (Å²) in [5.74, 6) is -1.05. The van der Waals surface area contributed by atoms with Gasteiger partial charge in [0.2, 0.25) is 10.0 Å². The van der Waals surface area contributed by atoms with Crippen LogP contribution in [0.4, 0.5) is 0 Å². The molecule has 0 aliphatic carbocycles. The zero-order valence-electron chi connectivity index (χ0n) is 16.5. The predicted molar refractivity (Wildman–Crippen MR) is 107 cm³/mol. The van der Waals surface area contributed by atoms with Crippen LogP contribution < -0.4 is 9.46 Å². The number of aliphatic hydroxyl groups excluding tert-OH is 1. The average Bonchev–Trinajstić information content (AvgIpc) is 2.64. The van der Waals surface area contributed by atoms with Gasteiger partial charge in [0.1, 0.15) is 11.4 Å². The molecule has 7 nitrogen and oxygen atoms in total. The van der Waals surface area contributed by atoms with Crippen LogP contribution in [0, 0.1) is 6.92 Å². The van der Waals surface area contributed by atoms with Crippen LogP contribution in [0.2, 0.25) is 0 Å². The second-order valence-electron chi connectivity index (χ2n) is 7.97. The van der Waals surface area contributed by atoms with Gasteiger partial charge in [-0.1, -0.05) is 29.8 Å². The maximum atomic E-state index is 12.6. The Morgan fingerprint density at radius 1 is 1.24 bits per heavy atom. The SMILES string of the molecule is Cc1ccc(S(=O)(=O)NCC2CC(C)(C)Oc3cc(C(O)C(=O)O)ccc32)cc1. The minimum Gasteiger partial charge on any atom is -0.488 e. The molecule has 0 fully saturated rings. The van der Waals surface area contributed by atoms with Crippen LogP contribution in [0.1, 0.15) is 49.0 Å². The van der Waals surface area contributed by atoms with E-state index in [9.17, 15) is 18.3 Å². The highest BCUT2D eigenvalue weighted by Crippen LogP contribution is 2.41. The second kappa shape index (κ2) is 7.78. The number of sulfonamides is 1. The molecule has 29 heavy (non-hydrogen) atoms. The topological polar surface area (TPSA) is 113 Å². The molecule has 2 aromatic rings. The van der Waals surface area contributed by atoms with Crippen LogP contribution in [-0.4, -0.2) is 36.7 Å². The highest BCUT2D eigenvalue weighted by molar-refractivity contribution is 7.89. The van der Waals surface area contributed by atoms with Gasteiger partial charge in [-0.3, -0.25) is 0 Å². The summed E-state index contributed by atoms with van der Waals surface area (Å²) in [6.07, 6.45) is -1.07. The van der Waals surface area contributed by atoms with Crippen LogP contribution >= 0.6 is 0 Å². The van der Waals surface area contributed by atoms with Crippen molar-refractivity contribution in [1.29, 1.82) is 0 Å².